The maximum atomic E-state index is 13.4. The van der Waals surface area contributed by atoms with Crippen molar-refractivity contribution in [2.45, 2.75) is 31.9 Å². The first kappa shape index (κ1) is 29.7. The van der Waals surface area contributed by atoms with Gasteiger partial charge in [0.25, 0.3) is 0 Å². The van der Waals surface area contributed by atoms with Crippen molar-refractivity contribution < 1.29 is 28.2 Å². The van der Waals surface area contributed by atoms with Crippen LogP contribution in [0.4, 0.5) is 25.8 Å². The zero-order valence-corrected chi connectivity index (χ0v) is 22.9. The van der Waals surface area contributed by atoms with Crippen LogP contribution >= 0.6 is 0 Å². The van der Waals surface area contributed by atoms with Crippen LogP contribution in [0.15, 0.2) is 78.9 Å². The summed E-state index contributed by atoms with van der Waals surface area (Å²) in [5.74, 6) is -1.11. The van der Waals surface area contributed by atoms with E-state index in [1.54, 1.807) is 30.3 Å². The predicted molar refractivity (Wildman–Crippen MR) is 156 cm³/mol. The number of halogens is 2. The van der Waals surface area contributed by atoms with Crippen LogP contribution in [-0.2, 0) is 9.59 Å². The lowest BCUT2D eigenvalue weighted by Gasteiger charge is -2.33. The molecule has 10 heteroatoms. The van der Waals surface area contributed by atoms with E-state index in [1.807, 2.05) is 38.1 Å². The fourth-order valence-electron chi connectivity index (χ4n) is 4.77. The van der Waals surface area contributed by atoms with E-state index in [1.165, 1.54) is 30.3 Å². The normalized spacial score (nSPS) is 17.6. The summed E-state index contributed by atoms with van der Waals surface area (Å²) < 4.78 is 29.3. The van der Waals surface area contributed by atoms with E-state index in [0.29, 0.717) is 30.2 Å². The number of alkyl halides is 2. The average Bonchev–Trinajstić information content (AvgIpc) is 3.41. The number of ether oxygens (including phenoxy) is 1. The summed E-state index contributed by atoms with van der Waals surface area (Å²) >= 11 is 0. The Kier molecular flexibility index (Phi) is 9.36. The first-order valence-electron chi connectivity index (χ1n) is 13.2. The number of hydrogen-bond donors (Lipinski definition) is 4. The quantitative estimate of drug-likeness (QED) is 0.205. The Morgan fingerprint density at radius 3 is 2.37 bits per heavy atom. The Morgan fingerprint density at radius 1 is 1.05 bits per heavy atom. The van der Waals surface area contributed by atoms with Crippen LogP contribution in [-0.4, -0.2) is 53.7 Å². The third kappa shape index (κ3) is 7.68. The van der Waals surface area contributed by atoms with Crippen molar-refractivity contribution in [1.82, 2.24) is 4.90 Å². The molecule has 1 aliphatic heterocycles. The van der Waals surface area contributed by atoms with Crippen LogP contribution in [0.5, 0.6) is 5.75 Å². The lowest BCUT2D eigenvalue weighted by Crippen LogP contribution is -2.46. The number of nitrogens with one attached hydrogen (secondary N) is 2. The Bertz CT molecular complexity index is 1380. The lowest BCUT2D eigenvalue weighted by molar-refractivity contribution is -0.120. The molecule has 1 fully saturated rings. The SMILES string of the molecule is CC(C)(CO)N1CC(C(=O)Nc2ccc(OC(F)F)cc2)C(c2ccc(/C=C/C(=O)Nc3ccccc3N)cc2)C1. The second-order valence-corrected chi connectivity index (χ2v) is 10.6. The van der Waals surface area contributed by atoms with Crippen LogP contribution < -0.4 is 21.1 Å². The summed E-state index contributed by atoms with van der Waals surface area (Å²) in [5.41, 5.74) is 8.58. The monoisotopic (exact) mass is 564 g/mol. The molecule has 8 nitrogen and oxygen atoms in total. The largest absolute Gasteiger partial charge is 0.435 e. The van der Waals surface area contributed by atoms with Crippen molar-refractivity contribution in [3.63, 3.8) is 0 Å². The number of nitrogens with zero attached hydrogens (tertiary/aromatic N) is 1. The number of carbonyl (C=O) groups excluding carboxylic acids is 2. The molecular weight excluding hydrogens is 530 g/mol. The average molecular weight is 565 g/mol. The molecule has 3 aromatic carbocycles. The molecule has 1 heterocycles. The van der Waals surface area contributed by atoms with Crippen LogP contribution in [0.3, 0.4) is 0 Å². The number of likely N-dealkylation sites (tertiary alicyclic amines) is 1. The number of nitrogens with two attached hydrogens (primary N) is 1. The molecule has 1 aliphatic rings. The summed E-state index contributed by atoms with van der Waals surface area (Å²) in [7, 11) is 0. The third-order valence-electron chi connectivity index (χ3n) is 7.26. The smallest absolute Gasteiger partial charge is 0.387 e. The van der Waals surface area contributed by atoms with Gasteiger partial charge in [-0.25, -0.2) is 0 Å². The Balaban J connectivity index is 1.47. The van der Waals surface area contributed by atoms with Gasteiger partial charge in [-0.3, -0.25) is 14.5 Å². The molecule has 2 amide bonds. The van der Waals surface area contributed by atoms with Crippen LogP contribution in [0.2, 0.25) is 0 Å². The Morgan fingerprint density at radius 2 is 1.73 bits per heavy atom. The summed E-state index contributed by atoms with van der Waals surface area (Å²) in [6.45, 7) is 1.84. The number of aliphatic hydroxyl groups is 1. The van der Waals surface area contributed by atoms with Gasteiger partial charge in [0.2, 0.25) is 11.8 Å². The molecule has 0 spiro atoms. The van der Waals surface area contributed by atoms with Crippen molar-refractivity contribution >= 4 is 35.0 Å². The van der Waals surface area contributed by atoms with E-state index in [9.17, 15) is 23.5 Å². The number of aliphatic hydroxyl groups excluding tert-OH is 1. The van der Waals surface area contributed by atoms with Gasteiger partial charge in [0.05, 0.1) is 23.9 Å². The zero-order valence-electron chi connectivity index (χ0n) is 22.9. The lowest BCUT2D eigenvalue weighted by atomic mass is 9.88. The molecule has 1 saturated heterocycles. The van der Waals surface area contributed by atoms with Gasteiger partial charge in [-0.15, -0.1) is 0 Å². The highest BCUT2D eigenvalue weighted by Crippen LogP contribution is 2.37. The third-order valence-corrected chi connectivity index (χ3v) is 7.26. The maximum absolute atomic E-state index is 13.4. The molecular formula is C31H34F2N4O4. The van der Waals surface area contributed by atoms with Crippen LogP contribution in [0.25, 0.3) is 6.08 Å². The Hall–Kier alpha value is -4.28. The number of carbonyl (C=O) groups is 2. The van der Waals surface area contributed by atoms with E-state index in [4.69, 9.17) is 5.73 Å². The minimum Gasteiger partial charge on any atom is -0.435 e. The van der Waals surface area contributed by atoms with E-state index < -0.39 is 18.1 Å². The second kappa shape index (κ2) is 12.9. The van der Waals surface area contributed by atoms with E-state index in [-0.39, 0.29) is 30.1 Å². The number of benzene rings is 3. The van der Waals surface area contributed by atoms with E-state index in [2.05, 4.69) is 20.3 Å². The van der Waals surface area contributed by atoms with Crippen molar-refractivity contribution in [2.75, 3.05) is 36.1 Å². The predicted octanol–water partition coefficient (Wildman–Crippen LogP) is 4.95. The standard InChI is InChI=1S/C31H34F2N4O4/c1-31(2,19-38)37-17-24(25(18-37)29(40)35-22-12-14-23(15-13-22)41-30(32)33)21-10-7-20(8-11-21)9-16-28(39)36-27-6-4-3-5-26(27)34/h3-16,24-25,30,38H,17-19,34H2,1-2H3,(H,35,40)(H,36,39)/b16-9+. The molecule has 2 unspecified atom stereocenters. The highest BCUT2D eigenvalue weighted by Gasteiger charge is 2.43. The van der Waals surface area contributed by atoms with Gasteiger partial charge >= 0.3 is 6.61 Å². The summed E-state index contributed by atoms with van der Waals surface area (Å²) in [6, 6.07) is 20.4. The summed E-state index contributed by atoms with van der Waals surface area (Å²) in [6.07, 6.45) is 3.12. The van der Waals surface area contributed by atoms with Crippen LogP contribution in [0, 0.1) is 5.92 Å². The number of hydrogen-bond acceptors (Lipinski definition) is 6. The van der Waals surface area contributed by atoms with Gasteiger partial charge in [-0.2, -0.15) is 8.78 Å². The minimum absolute atomic E-state index is 0.00318. The highest BCUT2D eigenvalue weighted by molar-refractivity contribution is 6.03. The van der Waals surface area contributed by atoms with Gasteiger partial charge in [-0.05, 0) is 67.4 Å². The van der Waals surface area contributed by atoms with Gasteiger partial charge in [-0.1, -0.05) is 36.4 Å². The number of rotatable bonds is 10. The molecule has 0 aliphatic carbocycles. The molecule has 0 radical (unpaired) electrons. The second-order valence-electron chi connectivity index (χ2n) is 10.6. The maximum Gasteiger partial charge on any atom is 0.387 e. The summed E-state index contributed by atoms with van der Waals surface area (Å²) in [4.78, 5) is 27.9. The molecule has 0 aromatic heterocycles. The molecule has 3 aromatic rings. The van der Waals surface area contributed by atoms with Gasteiger partial charge < -0.3 is 26.2 Å². The first-order valence-corrected chi connectivity index (χ1v) is 13.2. The topological polar surface area (TPSA) is 117 Å². The van der Waals surface area contributed by atoms with Crippen LogP contribution in [0.1, 0.15) is 30.9 Å². The minimum atomic E-state index is -2.93. The van der Waals surface area contributed by atoms with E-state index in [0.717, 1.165) is 11.1 Å². The van der Waals surface area contributed by atoms with E-state index >= 15 is 0 Å². The fourth-order valence-corrected chi connectivity index (χ4v) is 4.77. The van der Waals surface area contributed by atoms with Crippen molar-refractivity contribution in [2.24, 2.45) is 5.92 Å². The van der Waals surface area contributed by atoms with Crippen molar-refractivity contribution in [3.8, 4) is 5.75 Å². The van der Waals surface area contributed by atoms with Crippen molar-refractivity contribution in [1.29, 1.82) is 0 Å². The molecule has 4 rings (SSSR count). The number of para-hydroxylation sites is 2. The van der Waals surface area contributed by atoms with Gasteiger partial charge in [0, 0.05) is 36.3 Å². The van der Waals surface area contributed by atoms with Gasteiger partial charge in [0.15, 0.2) is 0 Å². The zero-order chi connectivity index (χ0) is 29.6. The molecule has 2 atom stereocenters. The molecule has 41 heavy (non-hydrogen) atoms. The molecule has 0 saturated carbocycles. The Labute approximate surface area is 237 Å². The van der Waals surface area contributed by atoms with Gasteiger partial charge in [0.1, 0.15) is 5.75 Å². The summed E-state index contributed by atoms with van der Waals surface area (Å²) in [5, 5.41) is 15.6. The van der Waals surface area contributed by atoms with Crippen molar-refractivity contribution in [3.05, 3.63) is 90.0 Å². The fraction of sp³-hybridized carbons (Fsp3) is 0.290. The molecule has 5 N–H and O–H groups in total. The molecule has 216 valence electrons. The number of anilines is 3. The first-order chi connectivity index (χ1) is 19.6. The molecule has 0 bridgehead atoms. The number of nitrogen functional groups attached to an aromatic ring is 1. The number of amides is 2. The highest BCUT2D eigenvalue weighted by atomic mass is 19.3.